The first kappa shape index (κ1) is 18.7. The number of benzene rings is 2. The number of carbonyl (C=O) groups excluding carboxylic acids is 1. The number of anilines is 1. The summed E-state index contributed by atoms with van der Waals surface area (Å²) >= 11 is 5.94. The summed E-state index contributed by atoms with van der Waals surface area (Å²) in [5, 5.41) is 0.454. The van der Waals surface area contributed by atoms with E-state index in [1.54, 1.807) is 37.3 Å². The van der Waals surface area contributed by atoms with E-state index >= 15 is 0 Å². The summed E-state index contributed by atoms with van der Waals surface area (Å²) in [5.41, 5.74) is 1.71. The summed E-state index contributed by atoms with van der Waals surface area (Å²) in [5.74, 6) is -0.0488. The number of carbonyl (C=O) groups is 1. The van der Waals surface area contributed by atoms with Gasteiger partial charge in [-0.1, -0.05) is 17.7 Å². The maximum absolute atomic E-state index is 12.6. The van der Waals surface area contributed by atoms with Gasteiger partial charge in [0.25, 0.3) is 15.9 Å². The molecule has 1 amide bonds. The van der Waals surface area contributed by atoms with Crippen molar-refractivity contribution >= 4 is 33.2 Å². The zero-order valence-electron chi connectivity index (χ0n) is 14.5. The minimum atomic E-state index is -3.75. The summed E-state index contributed by atoms with van der Waals surface area (Å²) < 4.78 is 27.7. The molecule has 7 heteroatoms. The lowest BCUT2D eigenvalue weighted by Gasteiger charge is -2.26. The third-order valence-corrected chi connectivity index (χ3v) is 6.12. The van der Waals surface area contributed by atoms with Gasteiger partial charge < -0.3 is 4.90 Å². The number of likely N-dealkylation sites (tertiary alicyclic amines) is 1. The van der Waals surface area contributed by atoms with Crippen molar-refractivity contribution in [2.75, 3.05) is 17.8 Å². The highest BCUT2D eigenvalue weighted by Gasteiger charge is 2.20. The van der Waals surface area contributed by atoms with Gasteiger partial charge in [-0.05, 0) is 68.1 Å². The Morgan fingerprint density at radius 2 is 1.69 bits per heavy atom. The minimum Gasteiger partial charge on any atom is -0.339 e. The summed E-state index contributed by atoms with van der Waals surface area (Å²) in [6, 6.07) is 11.1. The number of aryl methyl sites for hydroxylation is 1. The van der Waals surface area contributed by atoms with E-state index in [0.29, 0.717) is 16.3 Å². The fourth-order valence-corrected chi connectivity index (χ4v) is 4.26. The van der Waals surface area contributed by atoms with Gasteiger partial charge in [0, 0.05) is 23.7 Å². The van der Waals surface area contributed by atoms with Crippen LogP contribution in [0.15, 0.2) is 47.4 Å². The smallest absolute Gasteiger partial charge is 0.261 e. The Bertz CT molecular complexity index is 905. The standard InChI is InChI=1S/C19H21ClN2O3S/c1-14-5-8-16(20)13-18(14)21-26(24,25)17-9-6-15(7-10-17)19(23)22-11-3-2-4-12-22/h5-10,13,21H,2-4,11-12H2,1H3. The molecule has 0 bridgehead atoms. The Balaban J connectivity index is 1.78. The van der Waals surface area contributed by atoms with Gasteiger partial charge in [-0.3, -0.25) is 9.52 Å². The number of hydrogen-bond acceptors (Lipinski definition) is 3. The van der Waals surface area contributed by atoms with Crippen molar-refractivity contribution in [1.82, 2.24) is 4.90 Å². The monoisotopic (exact) mass is 392 g/mol. The molecule has 5 nitrogen and oxygen atoms in total. The Labute approximate surface area is 159 Å². The molecule has 1 heterocycles. The van der Waals surface area contributed by atoms with E-state index in [1.165, 1.54) is 12.1 Å². The molecule has 0 unspecified atom stereocenters. The molecule has 138 valence electrons. The molecule has 1 saturated heterocycles. The van der Waals surface area contributed by atoms with Crippen LogP contribution in [0.2, 0.25) is 5.02 Å². The van der Waals surface area contributed by atoms with Crippen LogP contribution in [0.3, 0.4) is 0 Å². The van der Waals surface area contributed by atoms with E-state index in [2.05, 4.69) is 4.72 Å². The predicted molar refractivity (Wildman–Crippen MR) is 103 cm³/mol. The Morgan fingerprint density at radius 1 is 1.04 bits per heavy atom. The molecule has 0 atom stereocenters. The fourth-order valence-electron chi connectivity index (χ4n) is 2.96. The summed E-state index contributed by atoms with van der Waals surface area (Å²) in [6.07, 6.45) is 3.18. The van der Waals surface area contributed by atoms with Crippen LogP contribution in [0.5, 0.6) is 0 Å². The van der Waals surface area contributed by atoms with Crippen molar-refractivity contribution in [2.45, 2.75) is 31.1 Å². The molecule has 2 aromatic carbocycles. The van der Waals surface area contributed by atoms with E-state index < -0.39 is 10.0 Å². The van der Waals surface area contributed by atoms with Crippen molar-refractivity contribution < 1.29 is 13.2 Å². The number of nitrogens with one attached hydrogen (secondary N) is 1. The SMILES string of the molecule is Cc1ccc(Cl)cc1NS(=O)(=O)c1ccc(C(=O)N2CCCCC2)cc1. The Morgan fingerprint density at radius 3 is 2.35 bits per heavy atom. The number of amides is 1. The van der Waals surface area contributed by atoms with Crippen LogP contribution in [-0.2, 0) is 10.0 Å². The van der Waals surface area contributed by atoms with E-state index in [0.717, 1.165) is 37.9 Å². The number of sulfonamides is 1. The van der Waals surface area contributed by atoms with Crippen LogP contribution in [0, 0.1) is 6.92 Å². The number of nitrogens with zero attached hydrogens (tertiary/aromatic N) is 1. The van der Waals surface area contributed by atoms with Crippen LogP contribution >= 0.6 is 11.6 Å². The molecule has 1 aliphatic rings. The zero-order valence-corrected chi connectivity index (χ0v) is 16.1. The normalized spacial score (nSPS) is 14.9. The first-order chi connectivity index (χ1) is 12.4. The van der Waals surface area contributed by atoms with Gasteiger partial charge >= 0.3 is 0 Å². The van der Waals surface area contributed by atoms with Gasteiger partial charge in [0.1, 0.15) is 0 Å². The Kier molecular flexibility index (Phi) is 5.53. The first-order valence-electron chi connectivity index (χ1n) is 8.55. The number of rotatable bonds is 4. The molecule has 0 aliphatic carbocycles. The second-order valence-electron chi connectivity index (χ2n) is 6.44. The van der Waals surface area contributed by atoms with Crippen LogP contribution in [0.25, 0.3) is 0 Å². The highest BCUT2D eigenvalue weighted by atomic mass is 35.5. The lowest BCUT2D eigenvalue weighted by Crippen LogP contribution is -2.35. The first-order valence-corrected chi connectivity index (χ1v) is 10.4. The van der Waals surface area contributed by atoms with E-state index in [-0.39, 0.29) is 10.8 Å². The largest absolute Gasteiger partial charge is 0.339 e. The number of hydrogen-bond donors (Lipinski definition) is 1. The maximum Gasteiger partial charge on any atom is 0.261 e. The summed E-state index contributed by atoms with van der Waals surface area (Å²) in [7, 11) is -3.75. The van der Waals surface area contributed by atoms with Crippen LogP contribution in [-0.4, -0.2) is 32.3 Å². The zero-order chi connectivity index (χ0) is 18.7. The number of halogens is 1. The van der Waals surface area contributed by atoms with Crippen molar-refractivity contribution in [1.29, 1.82) is 0 Å². The van der Waals surface area contributed by atoms with Crippen molar-refractivity contribution in [3.63, 3.8) is 0 Å². The molecule has 0 radical (unpaired) electrons. The molecule has 3 rings (SSSR count). The van der Waals surface area contributed by atoms with Gasteiger partial charge in [-0.2, -0.15) is 0 Å². The summed E-state index contributed by atoms with van der Waals surface area (Å²) in [6.45, 7) is 3.32. The summed E-state index contributed by atoms with van der Waals surface area (Å²) in [4.78, 5) is 14.4. The van der Waals surface area contributed by atoms with Crippen molar-refractivity contribution in [2.24, 2.45) is 0 Å². The highest BCUT2D eigenvalue weighted by molar-refractivity contribution is 7.92. The molecule has 2 aromatic rings. The maximum atomic E-state index is 12.6. The van der Waals surface area contributed by atoms with E-state index in [9.17, 15) is 13.2 Å². The van der Waals surface area contributed by atoms with Crippen LogP contribution in [0.4, 0.5) is 5.69 Å². The van der Waals surface area contributed by atoms with Crippen LogP contribution in [0.1, 0.15) is 35.2 Å². The van der Waals surface area contributed by atoms with E-state index in [1.807, 2.05) is 4.90 Å². The van der Waals surface area contributed by atoms with Crippen LogP contribution < -0.4 is 4.72 Å². The topological polar surface area (TPSA) is 66.5 Å². The second kappa shape index (κ2) is 7.68. The fraction of sp³-hybridized carbons (Fsp3) is 0.316. The third kappa shape index (κ3) is 4.19. The van der Waals surface area contributed by atoms with Gasteiger partial charge in [0.05, 0.1) is 10.6 Å². The minimum absolute atomic E-state index is 0.0488. The molecular formula is C19H21ClN2O3S. The van der Waals surface area contributed by atoms with Gasteiger partial charge in [0.15, 0.2) is 0 Å². The molecule has 1 aliphatic heterocycles. The molecule has 0 saturated carbocycles. The molecule has 0 aromatic heterocycles. The highest BCUT2D eigenvalue weighted by Crippen LogP contribution is 2.24. The molecule has 1 fully saturated rings. The predicted octanol–water partition coefficient (Wildman–Crippen LogP) is 4.08. The van der Waals surface area contributed by atoms with Gasteiger partial charge in [-0.15, -0.1) is 0 Å². The molecule has 0 spiro atoms. The molecule has 1 N–H and O–H groups in total. The Hall–Kier alpha value is -2.05. The average molecular weight is 393 g/mol. The average Bonchev–Trinajstić information content (AvgIpc) is 2.65. The quantitative estimate of drug-likeness (QED) is 0.852. The van der Waals surface area contributed by atoms with Gasteiger partial charge in [-0.25, -0.2) is 8.42 Å². The third-order valence-electron chi connectivity index (χ3n) is 4.50. The lowest BCUT2D eigenvalue weighted by molar-refractivity contribution is 0.0724. The molecular weight excluding hydrogens is 372 g/mol. The van der Waals surface area contributed by atoms with Crippen molar-refractivity contribution in [3.8, 4) is 0 Å². The molecule has 26 heavy (non-hydrogen) atoms. The number of piperidine rings is 1. The lowest BCUT2D eigenvalue weighted by atomic mass is 10.1. The van der Waals surface area contributed by atoms with Crippen molar-refractivity contribution in [3.05, 3.63) is 58.6 Å². The van der Waals surface area contributed by atoms with E-state index in [4.69, 9.17) is 11.6 Å². The second-order valence-corrected chi connectivity index (χ2v) is 8.56. The van der Waals surface area contributed by atoms with Gasteiger partial charge in [0.2, 0.25) is 0 Å².